The lowest BCUT2D eigenvalue weighted by atomic mass is 9.81. The number of carbonyl (C=O) groups excluding carboxylic acids is 2. The number of rotatable bonds is 5. The van der Waals surface area contributed by atoms with Gasteiger partial charge in [-0.3, -0.25) is 19.7 Å². The van der Waals surface area contributed by atoms with Crippen LogP contribution < -0.4 is 0 Å². The summed E-state index contributed by atoms with van der Waals surface area (Å²) in [5, 5.41) is 10.7. The van der Waals surface area contributed by atoms with Crippen LogP contribution in [0.4, 0.5) is 10.1 Å². The van der Waals surface area contributed by atoms with E-state index in [2.05, 4.69) is 4.74 Å². The molecule has 108 valence electrons. The van der Waals surface area contributed by atoms with E-state index < -0.39 is 33.5 Å². The number of hydrogen-bond acceptors (Lipinski definition) is 5. The first-order chi connectivity index (χ1) is 9.19. The Hall–Kier alpha value is -2.31. The van der Waals surface area contributed by atoms with Gasteiger partial charge in [0.05, 0.1) is 24.0 Å². The second-order valence-corrected chi connectivity index (χ2v) is 4.89. The van der Waals surface area contributed by atoms with Crippen molar-refractivity contribution in [2.24, 2.45) is 5.41 Å². The van der Waals surface area contributed by atoms with Crippen molar-refractivity contribution in [3.63, 3.8) is 0 Å². The predicted octanol–water partition coefficient (Wildman–Crippen LogP) is 2.51. The molecular formula is C13H14FNO5. The predicted molar refractivity (Wildman–Crippen MR) is 67.8 cm³/mol. The standard InChI is InChI=1S/C13H14FNO5/c1-13(2,7-11(16)20-3)12(17)9-6-8(15(18)19)4-5-10(9)14/h4-6H,7H2,1-3H3. The monoisotopic (exact) mass is 283 g/mol. The second-order valence-electron chi connectivity index (χ2n) is 4.89. The van der Waals surface area contributed by atoms with Gasteiger partial charge in [0.2, 0.25) is 0 Å². The third-order valence-corrected chi connectivity index (χ3v) is 2.83. The summed E-state index contributed by atoms with van der Waals surface area (Å²) in [7, 11) is 1.18. The smallest absolute Gasteiger partial charge is 0.306 e. The third-order valence-electron chi connectivity index (χ3n) is 2.83. The number of esters is 1. The SMILES string of the molecule is COC(=O)CC(C)(C)C(=O)c1cc([N+](=O)[O-])ccc1F. The van der Waals surface area contributed by atoms with E-state index in [1.807, 2.05) is 0 Å². The van der Waals surface area contributed by atoms with Crippen LogP contribution in [-0.2, 0) is 9.53 Å². The fourth-order valence-electron chi connectivity index (χ4n) is 1.68. The molecule has 0 aliphatic heterocycles. The summed E-state index contributed by atoms with van der Waals surface area (Å²) < 4.78 is 18.1. The fraction of sp³-hybridized carbons (Fsp3) is 0.385. The Morgan fingerprint density at radius 1 is 1.40 bits per heavy atom. The number of Topliss-reactive ketones (excluding diaryl/α,β-unsaturated/α-hetero) is 1. The topological polar surface area (TPSA) is 86.5 Å². The zero-order valence-electron chi connectivity index (χ0n) is 11.3. The van der Waals surface area contributed by atoms with Gasteiger partial charge in [0.1, 0.15) is 5.82 Å². The summed E-state index contributed by atoms with van der Waals surface area (Å²) in [6.07, 6.45) is -0.246. The van der Waals surface area contributed by atoms with Crippen LogP contribution in [0.1, 0.15) is 30.6 Å². The Balaban J connectivity index is 3.16. The molecule has 0 unspecified atom stereocenters. The number of ketones is 1. The van der Waals surface area contributed by atoms with Crippen molar-refractivity contribution in [3.05, 3.63) is 39.7 Å². The molecule has 0 N–H and O–H groups in total. The Morgan fingerprint density at radius 3 is 2.50 bits per heavy atom. The molecule has 0 saturated carbocycles. The molecule has 7 heteroatoms. The van der Waals surface area contributed by atoms with Crippen molar-refractivity contribution in [1.29, 1.82) is 0 Å². The van der Waals surface area contributed by atoms with Crippen molar-refractivity contribution < 1.29 is 23.6 Å². The number of ether oxygens (including phenoxy) is 1. The second kappa shape index (κ2) is 5.77. The first-order valence-electron chi connectivity index (χ1n) is 5.74. The number of nitro benzene ring substituents is 1. The first-order valence-corrected chi connectivity index (χ1v) is 5.74. The summed E-state index contributed by atoms with van der Waals surface area (Å²) in [6.45, 7) is 2.90. The largest absolute Gasteiger partial charge is 0.469 e. The van der Waals surface area contributed by atoms with Crippen molar-refractivity contribution in [2.75, 3.05) is 7.11 Å². The average Bonchev–Trinajstić information content (AvgIpc) is 2.37. The van der Waals surface area contributed by atoms with Gasteiger partial charge in [0.25, 0.3) is 5.69 Å². The highest BCUT2D eigenvalue weighted by Gasteiger charge is 2.34. The van der Waals surface area contributed by atoms with Crippen LogP contribution in [-0.4, -0.2) is 23.8 Å². The molecule has 6 nitrogen and oxygen atoms in total. The molecule has 1 rings (SSSR count). The molecule has 0 aromatic heterocycles. The molecule has 0 fully saturated rings. The molecule has 0 aliphatic carbocycles. The van der Waals surface area contributed by atoms with Gasteiger partial charge >= 0.3 is 5.97 Å². The Bertz CT molecular complexity index is 568. The van der Waals surface area contributed by atoms with E-state index >= 15 is 0 Å². The number of non-ortho nitro benzene ring substituents is 1. The fourth-order valence-corrected chi connectivity index (χ4v) is 1.68. The Morgan fingerprint density at radius 2 is 2.00 bits per heavy atom. The maximum absolute atomic E-state index is 13.7. The van der Waals surface area contributed by atoms with Crippen molar-refractivity contribution in [1.82, 2.24) is 0 Å². The zero-order chi connectivity index (χ0) is 15.5. The van der Waals surface area contributed by atoms with Crippen LogP contribution in [0.2, 0.25) is 0 Å². The Labute approximate surface area is 114 Å². The Kier molecular flexibility index (Phi) is 4.54. The number of methoxy groups -OCH3 is 1. The van der Waals surface area contributed by atoms with Gasteiger partial charge in [-0.05, 0) is 6.07 Å². The third kappa shape index (κ3) is 3.37. The molecule has 0 aliphatic rings. The van der Waals surface area contributed by atoms with Gasteiger partial charge in [-0.15, -0.1) is 0 Å². The zero-order valence-corrected chi connectivity index (χ0v) is 11.3. The maximum atomic E-state index is 13.7. The lowest BCUT2D eigenvalue weighted by molar-refractivity contribution is -0.384. The van der Waals surface area contributed by atoms with Crippen molar-refractivity contribution in [2.45, 2.75) is 20.3 Å². The van der Waals surface area contributed by atoms with Gasteiger partial charge in [0.15, 0.2) is 5.78 Å². The summed E-state index contributed by atoms with van der Waals surface area (Å²) in [4.78, 5) is 33.4. The molecule has 0 heterocycles. The number of halogens is 1. The van der Waals surface area contributed by atoms with E-state index in [4.69, 9.17) is 0 Å². The van der Waals surface area contributed by atoms with E-state index in [1.54, 1.807) is 0 Å². The van der Waals surface area contributed by atoms with Crippen LogP contribution in [0.5, 0.6) is 0 Å². The van der Waals surface area contributed by atoms with E-state index in [9.17, 15) is 24.1 Å². The molecule has 1 aromatic rings. The molecule has 0 saturated heterocycles. The van der Waals surface area contributed by atoms with Crippen LogP contribution in [0.15, 0.2) is 18.2 Å². The minimum Gasteiger partial charge on any atom is -0.469 e. The quantitative estimate of drug-likeness (QED) is 0.358. The summed E-state index contributed by atoms with van der Waals surface area (Å²) in [6, 6.07) is 2.70. The maximum Gasteiger partial charge on any atom is 0.306 e. The minimum absolute atomic E-state index is 0.246. The molecular weight excluding hydrogens is 269 g/mol. The molecule has 0 bridgehead atoms. The number of nitrogens with zero attached hydrogens (tertiary/aromatic N) is 1. The molecule has 0 atom stereocenters. The van der Waals surface area contributed by atoms with Crippen molar-refractivity contribution >= 4 is 17.4 Å². The average molecular weight is 283 g/mol. The number of nitro groups is 1. The summed E-state index contributed by atoms with van der Waals surface area (Å²) >= 11 is 0. The van der Waals surface area contributed by atoms with E-state index in [0.29, 0.717) is 0 Å². The van der Waals surface area contributed by atoms with Crippen LogP contribution >= 0.6 is 0 Å². The highest BCUT2D eigenvalue weighted by atomic mass is 19.1. The lowest BCUT2D eigenvalue weighted by Crippen LogP contribution is -2.28. The lowest BCUT2D eigenvalue weighted by Gasteiger charge is -2.21. The molecule has 20 heavy (non-hydrogen) atoms. The molecule has 0 amide bonds. The van der Waals surface area contributed by atoms with Gasteiger partial charge in [-0.1, -0.05) is 13.8 Å². The van der Waals surface area contributed by atoms with E-state index in [0.717, 1.165) is 18.2 Å². The number of hydrogen-bond donors (Lipinski definition) is 0. The van der Waals surface area contributed by atoms with Gasteiger partial charge in [0, 0.05) is 17.5 Å². The molecule has 0 radical (unpaired) electrons. The molecule has 1 aromatic carbocycles. The van der Waals surface area contributed by atoms with Gasteiger partial charge in [-0.25, -0.2) is 4.39 Å². The van der Waals surface area contributed by atoms with Crippen LogP contribution in [0, 0.1) is 21.3 Å². The highest BCUT2D eigenvalue weighted by molar-refractivity contribution is 6.02. The van der Waals surface area contributed by atoms with Crippen LogP contribution in [0.25, 0.3) is 0 Å². The summed E-state index contributed by atoms with van der Waals surface area (Å²) in [5.41, 5.74) is -2.01. The van der Waals surface area contributed by atoms with Crippen LogP contribution in [0.3, 0.4) is 0 Å². The van der Waals surface area contributed by atoms with Gasteiger partial charge in [-0.2, -0.15) is 0 Å². The van der Waals surface area contributed by atoms with E-state index in [-0.39, 0.29) is 12.1 Å². The number of carbonyl (C=O) groups is 2. The van der Waals surface area contributed by atoms with Gasteiger partial charge < -0.3 is 4.74 Å². The first kappa shape index (κ1) is 15.7. The minimum atomic E-state index is -1.22. The highest BCUT2D eigenvalue weighted by Crippen LogP contribution is 2.29. The summed E-state index contributed by atoms with van der Waals surface area (Å²) in [5.74, 6) is -2.17. The molecule has 0 spiro atoms. The van der Waals surface area contributed by atoms with Crippen molar-refractivity contribution in [3.8, 4) is 0 Å². The van der Waals surface area contributed by atoms with E-state index in [1.165, 1.54) is 21.0 Å². The number of benzene rings is 1. The normalized spacial score (nSPS) is 11.0.